The van der Waals surface area contributed by atoms with Gasteiger partial charge in [-0.2, -0.15) is 0 Å². The Balaban J connectivity index is 2.15. The second kappa shape index (κ2) is 5.50. The molecule has 0 saturated carbocycles. The Morgan fingerprint density at radius 3 is 2.76 bits per heavy atom. The average molecular weight is 229 g/mol. The van der Waals surface area contributed by atoms with E-state index in [0.717, 1.165) is 6.42 Å². The molecule has 0 radical (unpaired) electrons. The van der Waals surface area contributed by atoms with Gasteiger partial charge in [-0.1, -0.05) is 35.4 Å². The summed E-state index contributed by atoms with van der Waals surface area (Å²) in [4.78, 5) is 0. The van der Waals surface area contributed by atoms with Crippen LogP contribution in [-0.2, 0) is 6.42 Å². The molecule has 17 heavy (non-hydrogen) atoms. The van der Waals surface area contributed by atoms with E-state index in [1.54, 1.807) is 5.57 Å². The van der Waals surface area contributed by atoms with Gasteiger partial charge in [0.25, 0.3) is 0 Å². The highest BCUT2D eigenvalue weighted by Gasteiger charge is 2.16. The molecule has 0 fully saturated rings. The Morgan fingerprint density at radius 2 is 2.12 bits per heavy atom. The van der Waals surface area contributed by atoms with Gasteiger partial charge < -0.3 is 5.32 Å². The summed E-state index contributed by atoms with van der Waals surface area (Å²) >= 11 is 0. The van der Waals surface area contributed by atoms with Crippen molar-refractivity contribution in [3.63, 3.8) is 0 Å². The van der Waals surface area contributed by atoms with Crippen molar-refractivity contribution in [2.75, 3.05) is 7.05 Å². The smallest absolute Gasteiger partial charge is 0.0317 e. The molecule has 1 aromatic rings. The highest BCUT2D eigenvalue weighted by atomic mass is 14.9. The van der Waals surface area contributed by atoms with E-state index in [2.05, 4.69) is 50.5 Å². The first-order chi connectivity index (χ1) is 8.20. The Morgan fingerprint density at radius 1 is 1.29 bits per heavy atom. The van der Waals surface area contributed by atoms with Gasteiger partial charge in [-0.3, -0.25) is 0 Å². The molecule has 0 bridgehead atoms. The van der Waals surface area contributed by atoms with Crippen molar-refractivity contribution in [1.29, 1.82) is 0 Å². The fraction of sp³-hybridized carbons (Fsp3) is 0.500. The van der Waals surface area contributed by atoms with E-state index in [1.807, 2.05) is 0 Å². The van der Waals surface area contributed by atoms with Gasteiger partial charge in [-0.25, -0.2) is 0 Å². The van der Waals surface area contributed by atoms with Crippen LogP contribution in [0.4, 0.5) is 0 Å². The van der Waals surface area contributed by atoms with Gasteiger partial charge in [0.2, 0.25) is 0 Å². The molecule has 0 amide bonds. The van der Waals surface area contributed by atoms with Crippen LogP contribution in [0.5, 0.6) is 0 Å². The van der Waals surface area contributed by atoms with Crippen molar-refractivity contribution in [3.05, 3.63) is 46.5 Å². The normalized spacial score (nSPS) is 17.0. The molecule has 0 saturated heterocycles. The maximum Gasteiger partial charge on any atom is 0.0317 e. The number of allylic oxidation sites excluding steroid dienone is 1. The van der Waals surface area contributed by atoms with Crippen molar-refractivity contribution in [2.45, 2.75) is 45.6 Å². The molecule has 0 aliphatic heterocycles. The lowest BCUT2D eigenvalue weighted by molar-refractivity contribution is 0.614. The molecular weight excluding hydrogens is 206 g/mol. The minimum absolute atomic E-state index is 0.526. The van der Waals surface area contributed by atoms with Crippen LogP contribution in [-0.4, -0.2) is 13.1 Å². The van der Waals surface area contributed by atoms with Crippen LogP contribution in [0, 0.1) is 13.8 Å². The molecule has 1 aliphatic rings. The lowest BCUT2D eigenvalue weighted by atomic mass is 9.94. The SMILES string of the molecule is CNC(Cc1cc(C)ccc1C)C1=CCCC1. The number of aryl methyl sites for hydroxylation is 2. The Kier molecular flexibility index (Phi) is 4.01. The standard InChI is InChI=1S/C16H23N/c1-12-8-9-13(2)15(10-12)11-16(17-3)14-6-4-5-7-14/h6,8-10,16-17H,4-5,7,11H2,1-3H3. The van der Waals surface area contributed by atoms with Crippen LogP contribution >= 0.6 is 0 Å². The van der Waals surface area contributed by atoms with Crippen LogP contribution in [0.2, 0.25) is 0 Å². The molecule has 2 rings (SSSR count). The van der Waals surface area contributed by atoms with Crippen LogP contribution in [0.15, 0.2) is 29.8 Å². The molecule has 1 N–H and O–H groups in total. The molecule has 1 heteroatoms. The van der Waals surface area contributed by atoms with Gasteiger partial charge in [0.1, 0.15) is 0 Å². The summed E-state index contributed by atoms with van der Waals surface area (Å²) < 4.78 is 0. The first kappa shape index (κ1) is 12.4. The topological polar surface area (TPSA) is 12.0 Å². The molecule has 0 aromatic heterocycles. The second-order valence-electron chi connectivity index (χ2n) is 5.15. The summed E-state index contributed by atoms with van der Waals surface area (Å²) in [6.45, 7) is 4.39. The largest absolute Gasteiger partial charge is 0.313 e. The van der Waals surface area contributed by atoms with Gasteiger partial charge in [-0.05, 0) is 57.7 Å². The molecule has 1 aromatic carbocycles. The second-order valence-corrected chi connectivity index (χ2v) is 5.15. The lowest BCUT2D eigenvalue weighted by Gasteiger charge is -2.19. The molecule has 0 heterocycles. The van der Waals surface area contributed by atoms with Gasteiger partial charge >= 0.3 is 0 Å². The molecule has 1 aliphatic carbocycles. The van der Waals surface area contributed by atoms with E-state index in [9.17, 15) is 0 Å². The minimum atomic E-state index is 0.526. The monoisotopic (exact) mass is 229 g/mol. The number of nitrogens with one attached hydrogen (secondary N) is 1. The van der Waals surface area contributed by atoms with Gasteiger partial charge in [0, 0.05) is 6.04 Å². The maximum atomic E-state index is 3.47. The molecule has 92 valence electrons. The number of hydrogen-bond donors (Lipinski definition) is 1. The Bertz CT molecular complexity index is 418. The van der Waals surface area contributed by atoms with Crippen LogP contribution < -0.4 is 5.32 Å². The summed E-state index contributed by atoms with van der Waals surface area (Å²) in [6, 6.07) is 7.29. The maximum absolute atomic E-state index is 3.47. The predicted octanol–water partition coefficient (Wildman–Crippen LogP) is 3.54. The van der Waals surface area contributed by atoms with Crippen molar-refractivity contribution in [2.24, 2.45) is 0 Å². The highest BCUT2D eigenvalue weighted by Crippen LogP contribution is 2.24. The fourth-order valence-corrected chi connectivity index (χ4v) is 2.67. The summed E-state index contributed by atoms with van der Waals surface area (Å²) in [5.41, 5.74) is 5.86. The van der Waals surface area contributed by atoms with Gasteiger partial charge in [-0.15, -0.1) is 0 Å². The summed E-state index contributed by atoms with van der Waals surface area (Å²) in [6.07, 6.45) is 7.42. The predicted molar refractivity (Wildman–Crippen MR) is 74.4 cm³/mol. The third-order valence-corrected chi connectivity index (χ3v) is 3.80. The third-order valence-electron chi connectivity index (χ3n) is 3.80. The van der Waals surface area contributed by atoms with Crippen LogP contribution in [0.25, 0.3) is 0 Å². The van der Waals surface area contributed by atoms with E-state index in [1.165, 1.54) is 36.0 Å². The molecule has 1 atom stereocenters. The molecule has 1 unspecified atom stereocenters. The number of hydrogen-bond acceptors (Lipinski definition) is 1. The zero-order valence-corrected chi connectivity index (χ0v) is 11.2. The van der Waals surface area contributed by atoms with E-state index >= 15 is 0 Å². The van der Waals surface area contributed by atoms with E-state index in [0.29, 0.717) is 6.04 Å². The zero-order valence-electron chi connectivity index (χ0n) is 11.2. The van der Waals surface area contributed by atoms with E-state index in [4.69, 9.17) is 0 Å². The number of likely N-dealkylation sites (N-methyl/N-ethyl adjacent to an activating group) is 1. The first-order valence-electron chi connectivity index (χ1n) is 6.63. The minimum Gasteiger partial charge on any atom is -0.313 e. The summed E-state index contributed by atoms with van der Waals surface area (Å²) in [7, 11) is 2.08. The lowest BCUT2D eigenvalue weighted by Crippen LogP contribution is -2.29. The van der Waals surface area contributed by atoms with Crippen LogP contribution in [0.3, 0.4) is 0 Å². The fourth-order valence-electron chi connectivity index (χ4n) is 2.67. The summed E-state index contributed by atoms with van der Waals surface area (Å²) in [5.74, 6) is 0. The van der Waals surface area contributed by atoms with Gasteiger partial charge in [0.15, 0.2) is 0 Å². The van der Waals surface area contributed by atoms with Crippen molar-refractivity contribution in [1.82, 2.24) is 5.32 Å². The van der Waals surface area contributed by atoms with Crippen LogP contribution in [0.1, 0.15) is 36.0 Å². The van der Waals surface area contributed by atoms with Crippen molar-refractivity contribution >= 4 is 0 Å². The van der Waals surface area contributed by atoms with E-state index in [-0.39, 0.29) is 0 Å². The Labute approximate surface area is 105 Å². The third kappa shape index (κ3) is 2.98. The quantitative estimate of drug-likeness (QED) is 0.779. The highest BCUT2D eigenvalue weighted by molar-refractivity contribution is 5.33. The molecule has 1 nitrogen and oxygen atoms in total. The Hall–Kier alpha value is -1.08. The number of benzene rings is 1. The van der Waals surface area contributed by atoms with E-state index < -0.39 is 0 Å². The molecule has 0 spiro atoms. The van der Waals surface area contributed by atoms with Crippen molar-refractivity contribution < 1.29 is 0 Å². The number of rotatable bonds is 4. The average Bonchev–Trinajstić information content (AvgIpc) is 2.84. The summed E-state index contributed by atoms with van der Waals surface area (Å²) in [5, 5.41) is 3.47. The first-order valence-corrected chi connectivity index (χ1v) is 6.63. The van der Waals surface area contributed by atoms with Crippen molar-refractivity contribution in [3.8, 4) is 0 Å². The molecular formula is C16H23N. The van der Waals surface area contributed by atoms with Gasteiger partial charge in [0.05, 0.1) is 0 Å². The zero-order chi connectivity index (χ0) is 12.3.